The van der Waals surface area contributed by atoms with Crippen molar-refractivity contribution in [3.63, 3.8) is 0 Å². The van der Waals surface area contributed by atoms with Crippen molar-refractivity contribution < 1.29 is 14.5 Å². The van der Waals surface area contributed by atoms with Crippen LogP contribution in [0.4, 0.5) is 0 Å². The average Bonchev–Trinajstić information content (AvgIpc) is 2.46. The van der Waals surface area contributed by atoms with Gasteiger partial charge in [-0.05, 0) is 30.5 Å². The molecule has 0 spiro atoms. The Labute approximate surface area is 112 Å². The van der Waals surface area contributed by atoms with Crippen LogP contribution >= 0.6 is 0 Å². The van der Waals surface area contributed by atoms with Crippen LogP contribution in [0, 0.1) is 0 Å². The van der Waals surface area contributed by atoms with Crippen LogP contribution in [0.3, 0.4) is 0 Å². The molecular formula is C14H18N2O3. The monoisotopic (exact) mass is 262 g/mol. The van der Waals surface area contributed by atoms with Crippen LogP contribution in [0.5, 0.6) is 0 Å². The van der Waals surface area contributed by atoms with E-state index in [4.69, 9.17) is 9.68 Å². The number of rotatable bonds is 4. The van der Waals surface area contributed by atoms with E-state index < -0.39 is 0 Å². The number of nitrogens with one attached hydrogen (secondary N) is 1. The van der Waals surface area contributed by atoms with E-state index in [1.165, 1.54) is 0 Å². The predicted octanol–water partition coefficient (Wildman–Crippen LogP) is 1.89. The van der Waals surface area contributed by atoms with Crippen molar-refractivity contribution in [3.8, 4) is 0 Å². The maximum atomic E-state index is 11.9. The highest BCUT2D eigenvalue weighted by molar-refractivity contribution is 5.89. The summed E-state index contributed by atoms with van der Waals surface area (Å²) in [4.78, 5) is 22.1. The van der Waals surface area contributed by atoms with Gasteiger partial charge in [0.2, 0.25) is 0 Å². The third-order valence-electron chi connectivity index (χ3n) is 2.89. The molecule has 102 valence electrons. The topological polar surface area (TPSA) is 50.8 Å². The Morgan fingerprint density at radius 1 is 1.37 bits per heavy atom. The van der Waals surface area contributed by atoms with Gasteiger partial charge < -0.3 is 4.84 Å². The van der Waals surface area contributed by atoms with Crippen molar-refractivity contribution in [1.82, 2.24) is 10.5 Å². The van der Waals surface area contributed by atoms with E-state index in [1.54, 1.807) is 24.3 Å². The van der Waals surface area contributed by atoms with Crippen LogP contribution < -0.4 is 5.48 Å². The van der Waals surface area contributed by atoms with Crippen LogP contribution in [-0.2, 0) is 9.68 Å². The molecule has 2 rings (SSSR count). The van der Waals surface area contributed by atoms with Gasteiger partial charge in [-0.15, -0.1) is 5.06 Å². The maximum Gasteiger partial charge on any atom is 0.357 e. The summed E-state index contributed by atoms with van der Waals surface area (Å²) in [6.45, 7) is 1.36. The van der Waals surface area contributed by atoms with Crippen molar-refractivity contribution in [2.24, 2.45) is 0 Å². The molecule has 1 aromatic carbocycles. The lowest BCUT2D eigenvalue weighted by atomic mass is 10.1. The fourth-order valence-corrected chi connectivity index (χ4v) is 1.95. The quantitative estimate of drug-likeness (QED) is 0.840. The van der Waals surface area contributed by atoms with E-state index in [-0.39, 0.29) is 5.97 Å². The Balaban J connectivity index is 1.90. The molecule has 0 aromatic heterocycles. The highest BCUT2D eigenvalue weighted by Crippen LogP contribution is 2.16. The van der Waals surface area contributed by atoms with Gasteiger partial charge in [0.05, 0.1) is 19.2 Å². The molecule has 0 saturated carbocycles. The molecule has 5 nitrogen and oxygen atoms in total. The number of carbonyl (C=O) groups is 1. The minimum atomic E-state index is -0.318. The summed E-state index contributed by atoms with van der Waals surface area (Å²) in [5.74, 6) is -0.318. The highest BCUT2D eigenvalue weighted by atomic mass is 16.7. The van der Waals surface area contributed by atoms with E-state index in [9.17, 15) is 4.79 Å². The molecule has 1 fully saturated rings. The third-order valence-corrected chi connectivity index (χ3v) is 2.89. The zero-order chi connectivity index (χ0) is 13.5. The second kappa shape index (κ2) is 6.92. The molecule has 1 aliphatic heterocycles. The van der Waals surface area contributed by atoms with Gasteiger partial charge in [0.25, 0.3) is 0 Å². The first-order valence-electron chi connectivity index (χ1n) is 6.28. The molecule has 0 atom stereocenters. The number of hydroxylamine groups is 3. The zero-order valence-corrected chi connectivity index (χ0v) is 11.0. The number of nitrogens with zero attached hydrogens (tertiary/aromatic N) is 1. The van der Waals surface area contributed by atoms with Crippen LogP contribution in [0.25, 0.3) is 0 Å². The van der Waals surface area contributed by atoms with E-state index in [0.29, 0.717) is 12.1 Å². The lowest BCUT2D eigenvalue weighted by molar-refractivity contribution is -0.110. The molecule has 0 bridgehead atoms. The largest absolute Gasteiger partial charge is 0.364 e. The molecule has 5 heteroatoms. The van der Waals surface area contributed by atoms with Crippen LogP contribution in [-0.4, -0.2) is 31.2 Å². The first-order chi connectivity index (χ1) is 9.29. The molecule has 1 saturated heterocycles. The molecular weight excluding hydrogens is 244 g/mol. The summed E-state index contributed by atoms with van der Waals surface area (Å²) >= 11 is 0. The molecule has 0 amide bonds. The standard InChI is InChI=1S/C14H18N2O3/c1-18-15-10-12-6-5-9-16(11-12)19-14(17)13-7-3-2-4-8-13/h2-4,7-8,10,15H,5-6,9,11H2,1H3. The Hall–Kier alpha value is -1.85. The average molecular weight is 262 g/mol. The smallest absolute Gasteiger partial charge is 0.357 e. The van der Waals surface area contributed by atoms with Crippen LogP contribution in [0.2, 0.25) is 0 Å². The number of benzene rings is 1. The van der Waals surface area contributed by atoms with Gasteiger partial charge in [0.1, 0.15) is 0 Å². The molecule has 0 aliphatic carbocycles. The van der Waals surface area contributed by atoms with Gasteiger partial charge in [-0.3, -0.25) is 10.3 Å². The van der Waals surface area contributed by atoms with Gasteiger partial charge in [0.15, 0.2) is 0 Å². The molecule has 1 heterocycles. The SMILES string of the molecule is CONC=C1CCCN(OC(=O)c2ccccc2)C1. The van der Waals surface area contributed by atoms with Gasteiger partial charge >= 0.3 is 5.97 Å². The molecule has 1 N–H and O–H groups in total. The van der Waals surface area contributed by atoms with Crippen LogP contribution in [0.15, 0.2) is 42.1 Å². The minimum Gasteiger partial charge on any atom is -0.364 e. The Morgan fingerprint density at radius 2 is 2.16 bits per heavy atom. The number of carbonyl (C=O) groups excluding carboxylic acids is 1. The number of hydrogen-bond acceptors (Lipinski definition) is 5. The highest BCUT2D eigenvalue weighted by Gasteiger charge is 2.19. The Kier molecular flexibility index (Phi) is 4.94. The van der Waals surface area contributed by atoms with Crippen LogP contribution in [0.1, 0.15) is 23.2 Å². The van der Waals surface area contributed by atoms with E-state index in [2.05, 4.69) is 5.48 Å². The summed E-state index contributed by atoms with van der Waals surface area (Å²) in [7, 11) is 1.56. The predicted molar refractivity (Wildman–Crippen MR) is 70.9 cm³/mol. The first-order valence-corrected chi connectivity index (χ1v) is 6.28. The zero-order valence-electron chi connectivity index (χ0n) is 11.0. The normalized spacial score (nSPS) is 18.3. The van der Waals surface area contributed by atoms with E-state index in [1.807, 2.05) is 24.4 Å². The summed E-state index contributed by atoms with van der Waals surface area (Å²) in [5.41, 5.74) is 4.41. The summed E-state index contributed by atoms with van der Waals surface area (Å²) < 4.78 is 0. The Bertz CT molecular complexity index is 445. The van der Waals surface area contributed by atoms with Gasteiger partial charge in [0, 0.05) is 12.7 Å². The second-order valence-corrected chi connectivity index (χ2v) is 4.34. The maximum absolute atomic E-state index is 11.9. The molecule has 1 aliphatic rings. The molecule has 1 aromatic rings. The van der Waals surface area contributed by atoms with E-state index in [0.717, 1.165) is 25.0 Å². The fourth-order valence-electron chi connectivity index (χ4n) is 1.95. The molecule has 0 unspecified atom stereocenters. The third kappa shape index (κ3) is 4.08. The second-order valence-electron chi connectivity index (χ2n) is 4.34. The minimum absolute atomic E-state index is 0.318. The Morgan fingerprint density at radius 3 is 2.89 bits per heavy atom. The van der Waals surface area contributed by atoms with Gasteiger partial charge in [-0.2, -0.15) is 0 Å². The molecule has 0 radical (unpaired) electrons. The lowest BCUT2D eigenvalue weighted by Crippen LogP contribution is -2.34. The van der Waals surface area contributed by atoms with Crippen molar-refractivity contribution in [3.05, 3.63) is 47.7 Å². The van der Waals surface area contributed by atoms with Crippen molar-refractivity contribution in [1.29, 1.82) is 0 Å². The van der Waals surface area contributed by atoms with Crippen molar-refractivity contribution >= 4 is 5.97 Å². The summed E-state index contributed by atoms with van der Waals surface area (Å²) in [6.07, 6.45) is 3.75. The summed E-state index contributed by atoms with van der Waals surface area (Å²) in [5, 5.41) is 1.68. The first kappa shape index (κ1) is 13.6. The fraction of sp³-hybridized carbons (Fsp3) is 0.357. The summed E-state index contributed by atoms with van der Waals surface area (Å²) in [6, 6.07) is 9.00. The molecule has 19 heavy (non-hydrogen) atoms. The van der Waals surface area contributed by atoms with E-state index >= 15 is 0 Å². The van der Waals surface area contributed by atoms with Gasteiger partial charge in [-0.25, -0.2) is 4.79 Å². The number of hydrogen-bond donors (Lipinski definition) is 1. The van der Waals surface area contributed by atoms with Crippen molar-refractivity contribution in [2.75, 3.05) is 20.2 Å². The lowest BCUT2D eigenvalue weighted by Gasteiger charge is -2.26. The van der Waals surface area contributed by atoms with Crippen molar-refractivity contribution in [2.45, 2.75) is 12.8 Å². The number of piperidine rings is 1. The van der Waals surface area contributed by atoms with Gasteiger partial charge in [-0.1, -0.05) is 18.2 Å².